The quantitative estimate of drug-likeness (QED) is 0.00615. The lowest BCUT2D eigenvalue weighted by molar-refractivity contribution is -0.395. The Labute approximate surface area is 361 Å². The number of anilines is 3. The van der Waals surface area contributed by atoms with Gasteiger partial charge in [0, 0.05) is 16.6 Å². The molecular formula is C30H27FN8O20S5. The van der Waals surface area contributed by atoms with E-state index in [0.717, 1.165) is 6.07 Å². The van der Waals surface area contributed by atoms with Crippen LogP contribution in [0.4, 0.5) is 55.6 Å². The summed E-state index contributed by atoms with van der Waals surface area (Å²) in [5.74, 6) is -3.87. The summed E-state index contributed by atoms with van der Waals surface area (Å²) in [4.78, 5) is 22.1. The van der Waals surface area contributed by atoms with E-state index in [1.807, 2.05) is 0 Å². The molecule has 0 heterocycles. The number of nitrogens with zero attached hydrogens (tertiary/aromatic N) is 6. The van der Waals surface area contributed by atoms with Crippen molar-refractivity contribution in [1.82, 2.24) is 0 Å². The minimum absolute atomic E-state index is 0.00819. The SMILES string of the molecule is Nc1c(N=Nc2ccc(SOOCCS(=O)(O)(O)O)cc2)c(S(O)(O)O)cc2cc(S(=O)(=O)O)c(N=Nc3cc(Nc4cc(F)c([N+](=O)[O-])cc4[N+](=O)[O-])ccc3S(=O)(=O)O)c(O)c12. The number of nitro groups is 2. The Hall–Kier alpha value is -5.96. The van der Waals surface area contributed by atoms with Crippen LogP contribution in [0.15, 0.2) is 107 Å². The standard InChI is InChI=1S/C30H27FN8O20S5/c31-18-12-19(22(39(43)44)13-21(18)38(41)42)33-16-3-6-23(61(45,46)47)20(11-16)35-37-29-25(63(51,52)53)10-14-9-24(62(48,49)50)28(27(32)26(14)30(29)40)36-34-15-1-4-17(5-2-15)60-59-58-7-8-64(54,55,56)57/h1-6,9-13,33,40,48-50H,7-8,32H2,(H,45,46,47)(H,51,52,53)(H3,54,55,56,57). The van der Waals surface area contributed by atoms with Gasteiger partial charge in [-0.3, -0.25) is 43.0 Å². The number of nitrogen functional groups attached to an aromatic ring is 1. The van der Waals surface area contributed by atoms with Crippen LogP contribution in [0.1, 0.15) is 0 Å². The van der Waals surface area contributed by atoms with E-state index in [-0.39, 0.29) is 11.4 Å². The highest BCUT2D eigenvalue weighted by Gasteiger charge is 2.31. The number of phenols is 1. The molecule has 344 valence electrons. The Morgan fingerprint density at radius 3 is 1.94 bits per heavy atom. The molecule has 34 heteroatoms. The van der Waals surface area contributed by atoms with E-state index in [9.17, 15) is 73.5 Å². The maximum Gasteiger partial charge on any atom is 0.311 e. The summed E-state index contributed by atoms with van der Waals surface area (Å²) in [6.07, 6.45) is 0. The zero-order valence-corrected chi connectivity index (χ0v) is 35.0. The highest BCUT2D eigenvalue weighted by molar-refractivity contribution is 8.19. The fraction of sp³-hybridized carbons (Fsp3) is 0.0667. The van der Waals surface area contributed by atoms with E-state index < -0.39 is 140 Å². The summed E-state index contributed by atoms with van der Waals surface area (Å²) in [6.45, 7) is -0.695. The minimum Gasteiger partial charge on any atom is -0.505 e. The summed E-state index contributed by atoms with van der Waals surface area (Å²) in [7, 11) is -21.3. The molecule has 5 aromatic rings. The van der Waals surface area contributed by atoms with Crippen molar-refractivity contribution in [3.63, 3.8) is 0 Å². The third kappa shape index (κ3) is 12.0. The molecule has 0 aliphatic carbocycles. The van der Waals surface area contributed by atoms with Crippen LogP contribution in [0.2, 0.25) is 0 Å². The van der Waals surface area contributed by atoms with Crippen LogP contribution in [-0.2, 0) is 39.4 Å². The Kier molecular flexibility index (Phi) is 13.7. The molecule has 0 radical (unpaired) electrons. The molecule has 0 amide bonds. The lowest BCUT2D eigenvalue weighted by Crippen LogP contribution is -2.36. The largest absolute Gasteiger partial charge is 0.505 e. The van der Waals surface area contributed by atoms with Gasteiger partial charge in [0.2, 0.25) is 5.82 Å². The third-order valence-electron chi connectivity index (χ3n) is 7.92. The molecule has 0 spiro atoms. The number of azo groups is 2. The van der Waals surface area contributed by atoms with Gasteiger partial charge in [0.1, 0.15) is 43.4 Å². The highest BCUT2D eigenvalue weighted by atomic mass is 32.3. The van der Waals surface area contributed by atoms with E-state index in [0.29, 0.717) is 53.3 Å². The maximum absolute atomic E-state index is 14.5. The van der Waals surface area contributed by atoms with E-state index in [1.165, 1.54) is 24.3 Å². The Morgan fingerprint density at radius 1 is 0.781 bits per heavy atom. The molecule has 0 aliphatic heterocycles. The van der Waals surface area contributed by atoms with Gasteiger partial charge in [0.05, 0.1) is 62.0 Å². The van der Waals surface area contributed by atoms with Crippen LogP contribution in [0, 0.1) is 26.0 Å². The van der Waals surface area contributed by atoms with Gasteiger partial charge >= 0.3 is 5.69 Å². The van der Waals surface area contributed by atoms with Crippen LogP contribution in [0.25, 0.3) is 10.8 Å². The smallest absolute Gasteiger partial charge is 0.311 e. The molecule has 0 fully saturated rings. The van der Waals surface area contributed by atoms with Crippen LogP contribution in [0.5, 0.6) is 5.75 Å². The molecule has 64 heavy (non-hydrogen) atoms. The lowest BCUT2D eigenvalue weighted by Gasteiger charge is -2.23. The molecular weight excluding hydrogens is 972 g/mol. The Balaban J connectivity index is 1.58. The number of aromatic hydroxyl groups is 1. The second-order valence-corrected chi connectivity index (χ2v) is 19.9. The molecule has 0 saturated heterocycles. The second-order valence-electron chi connectivity index (χ2n) is 12.5. The number of hydrogen-bond acceptors (Lipinski definition) is 22. The first kappa shape index (κ1) is 49.1. The molecule has 0 saturated carbocycles. The first-order chi connectivity index (χ1) is 29.4. The van der Waals surface area contributed by atoms with Gasteiger partial charge in [-0.1, -0.05) is 0 Å². The van der Waals surface area contributed by atoms with E-state index in [4.69, 9.17) is 23.7 Å². The number of fused-ring (bicyclic) bond motifs is 1. The Bertz CT molecular complexity index is 3080. The molecule has 0 atom stereocenters. The fourth-order valence-corrected chi connectivity index (χ4v) is 7.92. The van der Waals surface area contributed by atoms with Crippen LogP contribution in [0.3, 0.4) is 0 Å². The maximum atomic E-state index is 14.5. The van der Waals surface area contributed by atoms with E-state index >= 15 is 0 Å². The van der Waals surface area contributed by atoms with Crippen molar-refractivity contribution in [1.29, 1.82) is 0 Å². The molecule has 5 aromatic carbocycles. The van der Waals surface area contributed by atoms with Gasteiger partial charge in [-0.05, 0) is 60.0 Å². The van der Waals surface area contributed by atoms with Crippen LogP contribution < -0.4 is 11.1 Å². The molecule has 12 N–H and O–H groups in total. The zero-order valence-electron chi connectivity index (χ0n) is 31.0. The average molecular weight is 999 g/mol. The minimum atomic E-state index is -5.81. The molecule has 0 bridgehead atoms. The van der Waals surface area contributed by atoms with Gasteiger partial charge in [-0.15, -0.1) is 15.3 Å². The zero-order chi connectivity index (χ0) is 47.8. The van der Waals surface area contributed by atoms with Crippen molar-refractivity contribution < 1.29 is 86.0 Å². The first-order valence-electron chi connectivity index (χ1n) is 16.3. The summed E-state index contributed by atoms with van der Waals surface area (Å²) in [5, 5.41) is 50.3. The van der Waals surface area contributed by atoms with Crippen LogP contribution in [-0.4, -0.2) is 84.8 Å². The van der Waals surface area contributed by atoms with Crippen molar-refractivity contribution >= 4 is 115 Å². The van der Waals surface area contributed by atoms with Crippen molar-refractivity contribution in [2.24, 2.45) is 20.5 Å². The predicted octanol–water partition coefficient (Wildman–Crippen LogP) is 7.93. The van der Waals surface area contributed by atoms with Gasteiger partial charge in [0.25, 0.3) is 25.9 Å². The predicted molar refractivity (Wildman–Crippen MR) is 221 cm³/mol. The van der Waals surface area contributed by atoms with E-state index in [1.54, 1.807) is 0 Å². The first-order valence-corrected chi connectivity index (χ1v) is 23.4. The van der Waals surface area contributed by atoms with Crippen molar-refractivity contribution in [3.05, 3.63) is 92.8 Å². The average Bonchev–Trinajstić information content (AvgIpc) is 3.15. The summed E-state index contributed by atoms with van der Waals surface area (Å²) >= 11 is 0.568. The van der Waals surface area contributed by atoms with Crippen molar-refractivity contribution in [2.75, 3.05) is 23.4 Å². The molecule has 0 aromatic heterocycles. The van der Waals surface area contributed by atoms with Gasteiger partial charge in [-0.25, -0.2) is 9.10 Å². The lowest BCUT2D eigenvalue weighted by atomic mass is 10.1. The number of nitrogens with one attached hydrogen (secondary N) is 1. The fourth-order valence-electron chi connectivity index (χ4n) is 5.16. The van der Waals surface area contributed by atoms with Gasteiger partial charge in [0.15, 0.2) is 15.7 Å². The number of benzene rings is 5. The number of nitrogens with two attached hydrogens (primary N) is 1. The Morgan fingerprint density at radius 2 is 1.38 bits per heavy atom. The number of hydrogen-bond donors (Lipinski definition) is 11. The molecule has 28 nitrogen and oxygen atoms in total. The van der Waals surface area contributed by atoms with Gasteiger partial charge in [-0.2, -0.15) is 30.7 Å². The van der Waals surface area contributed by atoms with Gasteiger partial charge < -0.3 is 29.8 Å². The summed E-state index contributed by atoms with van der Waals surface area (Å²) in [5.41, 5.74) is -0.683. The number of nitro benzene ring substituents is 2. The van der Waals surface area contributed by atoms with Crippen molar-refractivity contribution in [2.45, 2.75) is 19.6 Å². The topological polar surface area (TPSA) is 460 Å². The molecule has 0 aliphatic rings. The third-order valence-corrected chi connectivity index (χ3v) is 12.1. The second kappa shape index (κ2) is 17.9. The van der Waals surface area contributed by atoms with Crippen molar-refractivity contribution in [3.8, 4) is 5.75 Å². The number of phenolic OH excluding ortho intramolecular Hbond substituents is 1. The molecule has 0 unspecified atom stereocenters. The highest BCUT2D eigenvalue weighted by Crippen LogP contribution is 2.56. The summed E-state index contributed by atoms with van der Waals surface area (Å²) in [6, 6.07) is 9.47. The van der Waals surface area contributed by atoms with E-state index in [2.05, 4.69) is 30.7 Å². The number of halogens is 1. The van der Waals surface area contributed by atoms with Crippen LogP contribution >= 0.6 is 22.9 Å². The monoisotopic (exact) mass is 998 g/mol. The number of rotatable bonds is 17. The molecule has 5 rings (SSSR count). The normalized spacial score (nSPS) is 13.6. The summed E-state index contributed by atoms with van der Waals surface area (Å²) < 4.78 is 157.